The summed E-state index contributed by atoms with van der Waals surface area (Å²) in [4.78, 5) is 21.1. The van der Waals surface area contributed by atoms with Gasteiger partial charge < -0.3 is 0 Å². The highest BCUT2D eigenvalue weighted by atomic mass is 16.2. The van der Waals surface area contributed by atoms with Gasteiger partial charge in [-0.05, 0) is 12.1 Å². The number of hydrazone groups is 1. The fourth-order valence-corrected chi connectivity index (χ4v) is 0.882. The molecule has 0 aliphatic rings. The number of benzene rings is 1. The van der Waals surface area contributed by atoms with Gasteiger partial charge in [0.05, 0.1) is 5.69 Å². The Balaban J connectivity index is 2.72. The maximum absolute atomic E-state index is 11.1. The number of carbonyl (C=O) groups is 2. The summed E-state index contributed by atoms with van der Waals surface area (Å²) in [5.41, 5.74) is 2.74. The van der Waals surface area contributed by atoms with Crippen LogP contribution in [0.3, 0.4) is 0 Å². The van der Waals surface area contributed by atoms with E-state index in [1.54, 1.807) is 30.3 Å². The molecule has 0 radical (unpaired) electrons. The Labute approximate surface area is 91.6 Å². The van der Waals surface area contributed by atoms with Gasteiger partial charge in [0, 0.05) is 0 Å². The van der Waals surface area contributed by atoms with Crippen molar-refractivity contribution in [2.45, 2.75) is 0 Å². The van der Waals surface area contributed by atoms with Gasteiger partial charge in [0.25, 0.3) is 5.91 Å². The van der Waals surface area contributed by atoms with Crippen LogP contribution >= 0.6 is 0 Å². The van der Waals surface area contributed by atoms with Crippen molar-refractivity contribution < 1.29 is 9.59 Å². The minimum absolute atomic E-state index is 0.192. The highest BCUT2D eigenvalue weighted by molar-refractivity contribution is 6.46. The third kappa shape index (κ3) is 3.23. The summed E-state index contributed by atoms with van der Waals surface area (Å²) in [6.07, 6.45) is 0.192. The van der Waals surface area contributed by atoms with Crippen molar-refractivity contribution in [1.29, 1.82) is 5.26 Å². The van der Waals surface area contributed by atoms with Crippen molar-refractivity contribution in [2.75, 3.05) is 5.43 Å². The van der Waals surface area contributed by atoms with E-state index in [4.69, 9.17) is 5.26 Å². The SMILES string of the molecule is N#C/C(=N\Nc1ccccc1)C(=O)NC=O. The number of imide groups is 1. The molecule has 6 nitrogen and oxygen atoms in total. The maximum atomic E-state index is 11.1. The first-order valence-corrected chi connectivity index (χ1v) is 4.31. The van der Waals surface area contributed by atoms with Gasteiger partial charge in [-0.2, -0.15) is 10.4 Å². The van der Waals surface area contributed by atoms with E-state index >= 15 is 0 Å². The van der Waals surface area contributed by atoms with E-state index in [2.05, 4.69) is 10.5 Å². The summed E-state index contributed by atoms with van der Waals surface area (Å²) in [5.74, 6) is -0.846. The predicted octanol–water partition coefficient (Wildman–Crippen LogP) is 0.251. The number of rotatable bonds is 4. The van der Waals surface area contributed by atoms with Crippen molar-refractivity contribution >= 4 is 23.7 Å². The van der Waals surface area contributed by atoms with Crippen LogP contribution in [-0.4, -0.2) is 18.0 Å². The molecule has 16 heavy (non-hydrogen) atoms. The molecule has 1 aromatic carbocycles. The maximum Gasteiger partial charge on any atom is 0.288 e. The Morgan fingerprint density at radius 3 is 2.62 bits per heavy atom. The number of nitrogens with one attached hydrogen (secondary N) is 2. The van der Waals surface area contributed by atoms with Gasteiger partial charge in [0.1, 0.15) is 6.07 Å². The van der Waals surface area contributed by atoms with Gasteiger partial charge >= 0.3 is 0 Å². The Hall–Kier alpha value is -2.68. The number of para-hydroxylation sites is 1. The number of nitrogens with zero attached hydrogens (tertiary/aromatic N) is 2. The van der Waals surface area contributed by atoms with Crippen LogP contribution in [0.25, 0.3) is 0 Å². The molecule has 0 saturated carbocycles. The number of hydrogen-bond donors (Lipinski definition) is 2. The van der Waals surface area contributed by atoms with Crippen LogP contribution in [0.4, 0.5) is 5.69 Å². The summed E-state index contributed by atoms with van der Waals surface area (Å²) in [5, 5.41) is 14.0. The van der Waals surface area contributed by atoms with Crippen molar-refractivity contribution in [3.05, 3.63) is 30.3 Å². The van der Waals surface area contributed by atoms with Crippen molar-refractivity contribution in [3.8, 4) is 6.07 Å². The average molecular weight is 216 g/mol. The fraction of sp³-hybridized carbons (Fsp3) is 0. The van der Waals surface area contributed by atoms with E-state index < -0.39 is 11.6 Å². The molecule has 2 amide bonds. The first-order chi connectivity index (χ1) is 7.77. The van der Waals surface area contributed by atoms with Crippen LogP contribution in [0, 0.1) is 11.3 Å². The second-order valence-corrected chi connectivity index (χ2v) is 2.64. The molecule has 0 fully saturated rings. The van der Waals surface area contributed by atoms with E-state index in [-0.39, 0.29) is 6.41 Å². The summed E-state index contributed by atoms with van der Waals surface area (Å²) < 4.78 is 0. The molecule has 1 rings (SSSR count). The van der Waals surface area contributed by atoms with E-state index in [1.807, 2.05) is 11.4 Å². The Kier molecular flexibility index (Phi) is 4.22. The number of anilines is 1. The molecule has 6 heteroatoms. The minimum Gasteiger partial charge on any atom is -0.293 e. The number of carbonyl (C=O) groups excluding carboxylic acids is 2. The smallest absolute Gasteiger partial charge is 0.288 e. The lowest BCUT2D eigenvalue weighted by Gasteiger charge is -1.99. The minimum atomic E-state index is -0.846. The summed E-state index contributed by atoms with van der Waals surface area (Å²) >= 11 is 0. The third-order valence-corrected chi connectivity index (χ3v) is 1.58. The molecular formula is C10H8N4O2. The molecule has 0 atom stereocenters. The molecule has 0 saturated heterocycles. The molecule has 0 heterocycles. The molecule has 0 aromatic heterocycles. The van der Waals surface area contributed by atoms with Crippen LogP contribution in [-0.2, 0) is 9.59 Å². The zero-order valence-electron chi connectivity index (χ0n) is 8.18. The van der Waals surface area contributed by atoms with Crippen LogP contribution < -0.4 is 10.7 Å². The second-order valence-electron chi connectivity index (χ2n) is 2.64. The topological polar surface area (TPSA) is 94.3 Å². The molecule has 0 spiro atoms. The number of amides is 2. The molecule has 2 N–H and O–H groups in total. The molecular weight excluding hydrogens is 208 g/mol. The molecule has 0 bridgehead atoms. The van der Waals surface area contributed by atoms with E-state index in [9.17, 15) is 9.59 Å². The Bertz CT molecular complexity index is 448. The molecule has 0 unspecified atom stereocenters. The van der Waals surface area contributed by atoms with Gasteiger partial charge in [-0.15, -0.1) is 0 Å². The first kappa shape index (κ1) is 11.4. The fourth-order valence-electron chi connectivity index (χ4n) is 0.882. The molecule has 0 aliphatic carbocycles. The van der Waals surface area contributed by atoms with Crippen LogP contribution in [0.2, 0.25) is 0 Å². The lowest BCUT2D eigenvalue weighted by Crippen LogP contribution is -2.29. The Morgan fingerprint density at radius 2 is 2.06 bits per heavy atom. The van der Waals surface area contributed by atoms with Crippen molar-refractivity contribution in [3.63, 3.8) is 0 Å². The first-order valence-electron chi connectivity index (χ1n) is 4.31. The van der Waals surface area contributed by atoms with E-state index in [1.165, 1.54) is 0 Å². The van der Waals surface area contributed by atoms with Crippen LogP contribution in [0.5, 0.6) is 0 Å². The largest absolute Gasteiger partial charge is 0.293 e. The van der Waals surface area contributed by atoms with Gasteiger partial charge in [-0.1, -0.05) is 18.2 Å². The quantitative estimate of drug-likeness (QED) is 0.428. The highest BCUT2D eigenvalue weighted by Gasteiger charge is 2.09. The van der Waals surface area contributed by atoms with Gasteiger partial charge in [-0.3, -0.25) is 20.3 Å². The third-order valence-electron chi connectivity index (χ3n) is 1.58. The van der Waals surface area contributed by atoms with Gasteiger partial charge in [0.15, 0.2) is 0 Å². The second kappa shape index (κ2) is 5.93. The van der Waals surface area contributed by atoms with E-state index in [0.717, 1.165) is 0 Å². The lowest BCUT2D eigenvalue weighted by atomic mass is 10.3. The number of nitriles is 1. The monoisotopic (exact) mass is 216 g/mol. The standard InChI is InChI=1S/C10H8N4O2/c11-6-9(10(16)12-7-15)14-13-8-4-2-1-3-5-8/h1-5,7,13H,(H,12,15,16)/b14-9+. The normalized spacial score (nSPS) is 10.1. The molecule has 0 aliphatic heterocycles. The van der Waals surface area contributed by atoms with Crippen molar-refractivity contribution in [1.82, 2.24) is 5.32 Å². The zero-order chi connectivity index (χ0) is 11.8. The highest BCUT2D eigenvalue weighted by Crippen LogP contribution is 2.04. The van der Waals surface area contributed by atoms with Crippen molar-refractivity contribution in [2.24, 2.45) is 5.10 Å². The lowest BCUT2D eigenvalue weighted by molar-refractivity contribution is -0.120. The summed E-state index contributed by atoms with van der Waals surface area (Å²) in [6.45, 7) is 0. The Morgan fingerprint density at radius 1 is 1.38 bits per heavy atom. The summed E-state index contributed by atoms with van der Waals surface area (Å²) in [7, 11) is 0. The number of hydrogen-bond acceptors (Lipinski definition) is 5. The van der Waals surface area contributed by atoms with Crippen LogP contribution in [0.15, 0.2) is 35.4 Å². The molecule has 80 valence electrons. The zero-order valence-corrected chi connectivity index (χ0v) is 8.18. The average Bonchev–Trinajstić information content (AvgIpc) is 2.31. The van der Waals surface area contributed by atoms with E-state index in [0.29, 0.717) is 5.69 Å². The van der Waals surface area contributed by atoms with Gasteiger partial charge in [0.2, 0.25) is 12.1 Å². The predicted molar refractivity (Wildman–Crippen MR) is 57.3 cm³/mol. The molecule has 1 aromatic rings. The van der Waals surface area contributed by atoms with Crippen LogP contribution in [0.1, 0.15) is 0 Å². The van der Waals surface area contributed by atoms with Gasteiger partial charge in [-0.25, -0.2) is 0 Å². The summed E-state index contributed by atoms with van der Waals surface area (Å²) in [6, 6.07) is 10.4.